The van der Waals surface area contributed by atoms with Crippen LogP contribution in [-0.2, 0) is 6.18 Å². The van der Waals surface area contributed by atoms with Crippen LogP contribution >= 0.6 is 0 Å². The molecule has 0 aliphatic heterocycles. The number of hydrogen-bond acceptors (Lipinski definition) is 4. The molecule has 0 fully saturated rings. The Bertz CT molecular complexity index is 919. The maximum atomic E-state index is 13.3. The third kappa shape index (κ3) is 4.24. The summed E-state index contributed by atoms with van der Waals surface area (Å²) in [5.41, 5.74) is 1.70. The van der Waals surface area contributed by atoms with E-state index in [1.807, 2.05) is 0 Å². The van der Waals surface area contributed by atoms with Crippen molar-refractivity contribution in [3.63, 3.8) is 0 Å². The van der Waals surface area contributed by atoms with Gasteiger partial charge in [-0.25, -0.2) is 4.98 Å². The molecule has 0 saturated carbocycles. The van der Waals surface area contributed by atoms with E-state index in [9.17, 15) is 31.1 Å². The van der Waals surface area contributed by atoms with Gasteiger partial charge in [0.15, 0.2) is 5.69 Å². The van der Waals surface area contributed by atoms with Crippen LogP contribution in [0.1, 0.15) is 23.4 Å². The molecule has 6 nitrogen and oxygen atoms in total. The smallest absolute Gasteiger partial charge is 0.404 e. The first-order valence-electron chi connectivity index (χ1n) is 7.12. The van der Waals surface area contributed by atoms with Gasteiger partial charge in [0.05, 0.1) is 12.0 Å². The molecule has 26 heavy (non-hydrogen) atoms. The maximum absolute atomic E-state index is 13.3. The van der Waals surface area contributed by atoms with Gasteiger partial charge < -0.3 is 10.7 Å². The Balaban J connectivity index is 2.56. The molecule has 0 radical (unpaired) electrons. The van der Waals surface area contributed by atoms with Crippen LogP contribution in [0.25, 0.3) is 11.4 Å². The summed E-state index contributed by atoms with van der Waals surface area (Å²) in [4.78, 5) is 21.8. The molecular formula is C14H13F6N5O. The first-order chi connectivity index (χ1) is 11.9. The van der Waals surface area contributed by atoms with E-state index in [0.29, 0.717) is 18.1 Å². The van der Waals surface area contributed by atoms with Crippen molar-refractivity contribution in [3.05, 3.63) is 39.7 Å². The number of aliphatic imine (C=N–C) groups is 1. The minimum Gasteiger partial charge on any atom is -0.404 e. The fraction of sp³-hybridized carbons (Fsp3) is 0.357. The largest absolute Gasteiger partial charge is 0.434 e. The summed E-state index contributed by atoms with van der Waals surface area (Å²) in [6, 6.07) is 0. The van der Waals surface area contributed by atoms with Gasteiger partial charge in [-0.1, -0.05) is 0 Å². The SMILES string of the molecule is Cc1cn2c(=O)c(C(C=NCCC(F)(F)F)=CN)c(C(F)(F)F)nc2[nH]1. The minimum absolute atomic E-state index is 0.325. The van der Waals surface area contributed by atoms with Crippen LogP contribution in [0.3, 0.4) is 0 Å². The highest BCUT2D eigenvalue weighted by Crippen LogP contribution is 2.31. The van der Waals surface area contributed by atoms with Gasteiger partial charge >= 0.3 is 12.4 Å². The number of H-pyrrole nitrogens is 1. The Morgan fingerprint density at radius 2 is 2.00 bits per heavy atom. The topological polar surface area (TPSA) is 88.5 Å². The Morgan fingerprint density at radius 3 is 2.54 bits per heavy atom. The lowest BCUT2D eigenvalue weighted by molar-refractivity contribution is -0.141. The third-order valence-corrected chi connectivity index (χ3v) is 3.24. The van der Waals surface area contributed by atoms with Crippen LogP contribution < -0.4 is 11.3 Å². The summed E-state index contributed by atoms with van der Waals surface area (Å²) in [7, 11) is 0. The normalized spacial score (nSPS) is 13.9. The summed E-state index contributed by atoms with van der Waals surface area (Å²) >= 11 is 0. The number of aromatic nitrogens is 3. The molecule has 2 heterocycles. The standard InChI is InChI=1S/C14H13F6N5O/c1-7-6-25-11(26)9(10(14(18,19)20)24-12(25)23-7)8(4-21)5-22-3-2-13(15,16)17/h4-6H,2-3,21H2,1H3,(H,23,24). The number of hydrogen-bond donors (Lipinski definition) is 2. The number of allylic oxidation sites excluding steroid dienone is 1. The average Bonchev–Trinajstić information content (AvgIpc) is 2.87. The zero-order valence-electron chi connectivity index (χ0n) is 13.2. The fourth-order valence-corrected chi connectivity index (χ4v) is 2.15. The van der Waals surface area contributed by atoms with Crippen molar-refractivity contribution in [1.82, 2.24) is 14.4 Å². The lowest BCUT2D eigenvalue weighted by atomic mass is 10.1. The molecule has 12 heteroatoms. The Morgan fingerprint density at radius 1 is 1.35 bits per heavy atom. The van der Waals surface area contributed by atoms with E-state index in [1.165, 1.54) is 13.1 Å². The van der Waals surface area contributed by atoms with E-state index < -0.39 is 47.7 Å². The zero-order valence-corrected chi connectivity index (χ0v) is 13.2. The summed E-state index contributed by atoms with van der Waals surface area (Å²) in [6.45, 7) is 0.793. The number of nitrogens with zero attached hydrogens (tertiary/aromatic N) is 3. The summed E-state index contributed by atoms with van der Waals surface area (Å²) < 4.78 is 77.2. The van der Waals surface area contributed by atoms with E-state index in [2.05, 4.69) is 15.0 Å². The second kappa shape index (κ2) is 6.84. The molecule has 0 aliphatic rings. The lowest BCUT2D eigenvalue weighted by Crippen LogP contribution is -2.26. The van der Waals surface area contributed by atoms with Crippen molar-refractivity contribution in [3.8, 4) is 0 Å². The Hall–Kier alpha value is -2.79. The molecule has 0 atom stereocenters. The van der Waals surface area contributed by atoms with E-state index >= 15 is 0 Å². The number of rotatable bonds is 4. The quantitative estimate of drug-likeness (QED) is 0.631. The highest BCUT2D eigenvalue weighted by molar-refractivity contribution is 6.10. The molecule has 2 aromatic rings. The van der Waals surface area contributed by atoms with Crippen molar-refractivity contribution in [2.24, 2.45) is 10.7 Å². The molecule has 0 unspecified atom stereocenters. The van der Waals surface area contributed by atoms with Crippen LogP contribution in [0.15, 0.2) is 22.2 Å². The highest BCUT2D eigenvalue weighted by Gasteiger charge is 2.38. The predicted octanol–water partition coefficient (Wildman–Crippen LogP) is 2.67. The molecule has 0 amide bonds. The fourth-order valence-electron chi connectivity index (χ4n) is 2.15. The van der Waals surface area contributed by atoms with Gasteiger partial charge in [0.2, 0.25) is 5.78 Å². The predicted molar refractivity (Wildman–Crippen MR) is 81.7 cm³/mol. The summed E-state index contributed by atoms with van der Waals surface area (Å²) in [5.74, 6) is -0.325. The van der Waals surface area contributed by atoms with Crippen LogP contribution in [0.4, 0.5) is 26.3 Å². The van der Waals surface area contributed by atoms with Crippen molar-refractivity contribution in [1.29, 1.82) is 0 Å². The number of alkyl halides is 6. The van der Waals surface area contributed by atoms with Gasteiger partial charge in [-0.05, 0) is 6.92 Å². The molecule has 0 bridgehead atoms. The number of aromatic amines is 1. The molecule has 2 aromatic heterocycles. The van der Waals surface area contributed by atoms with Gasteiger partial charge in [0.1, 0.15) is 0 Å². The second-order valence-electron chi connectivity index (χ2n) is 5.29. The number of aryl methyl sites for hydroxylation is 1. The molecule has 0 aromatic carbocycles. The van der Waals surface area contributed by atoms with Crippen LogP contribution in [0, 0.1) is 6.92 Å². The van der Waals surface area contributed by atoms with E-state index in [1.54, 1.807) is 0 Å². The monoisotopic (exact) mass is 381 g/mol. The summed E-state index contributed by atoms with van der Waals surface area (Å²) in [6.07, 6.45) is -8.12. The van der Waals surface area contributed by atoms with Gasteiger partial charge in [-0.2, -0.15) is 26.3 Å². The van der Waals surface area contributed by atoms with E-state index in [0.717, 1.165) is 4.40 Å². The molecule has 2 rings (SSSR count). The molecule has 0 aliphatic carbocycles. The zero-order chi connectivity index (χ0) is 19.7. The molecule has 0 saturated heterocycles. The van der Waals surface area contributed by atoms with Crippen molar-refractivity contribution < 1.29 is 26.3 Å². The van der Waals surface area contributed by atoms with Gasteiger partial charge in [0, 0.05) is 36.4 Å². The molecule has 3 N–H and O–H groups in total. The van der Waals surface area contributed by atoms with E-state index in [-0.39, 0.29) is 5.78 Å². The Labute approximate surface area is 142 Å². The lowest BCUT2D eigenvalue weighted by Gasteiger charge is -2.12. The van der Waals surface area contributed by atoms with Crippen LogP contribution in [0.5, 0.6) is 0 Å². The highest BCUT2D eigenvalue weighted by atomic mass is 19.4. The number of nitrogens with two attached hydrogens (primary N) is 1. The van der Waals surface area contributed by atoms with Crippen molar-refractivity contribution >= 4 is 17.6 Å². The van der Waals surface area contributed by atoms with Gasteiger partial charge in [-0.3, -0.25) is 14.2 Å². The number of nitrogens with one attached hydrogen (secondary N) is 1. The Kier molecular flexibility index (Phi) is 5.14. The maximum Gasteiger partial charge on any atom is 0.434 e. The van der Waals surface area contributed by atoms with Gasteiger partial charge in [0.25, 0.3) is 5.56 Å². The van der Waals surface area contributed by atoms with Crippen LogP contribution in [-0.4, -0.2) is 33.3 Å². The van der Waals surface area contributed by atoms with Crippen molar-refractivity contribution in [2.45, 2.75) is 25.7 Å². The molecular weight excluding hydrogens is 368 g/mol. The van der Waals surface area contributed by atoms with Crippen molar-refractivity contribution in [2.75, 3.05) is 6.54 Å². The second-order valence-corrected chi connectivity index (χ2v) is 5.29. The molecule has 0 spiro atoms. The number of imidazole rings is 1. The number of fused-ring (bicyclic) bond motifs is 1. The first-order valence-corrected chi connectivity index (χ1v) is 7.12. The first kappa shape index (κ1) is 19.5. The average molecular weight is 381 g/mol. The summed E-state index contributed by atoms with van der Waals surface area (Å²) in [5, 5.41) is 0. The molecule has 142 valence electrons. The van der Waals surface area contributed by atoms with Gasteiger partial charge in [-0.15, -0.1) is 0 Å². The number of halogens is 6. The van der Waals surface area contributed by atoms with E-state index in [4.69, 9.17) is 5.73 Å². The van der Waals surface area contributed by atoms with Crippen LogP contribution in [0.2, 0.25) is 0 Å². The minimum atomic E-state index is -4.99. The third-order valence-electron chi connectivity index (χ3n) is 3.24.